The average molecular weight is 251 g/mol. The van der Waals surface area contributed by atoms with Crippen LogP contribution in [0, 0.1) is 17.2 Å². The highest BCUT2D eigenvalue weighted by Gasteiger charge is 2.44. The van der Waals surface area contributed by atoms with Gasteiger partial charge >= 0.3 is 0 Å². The average Bonchev–Trinajstić information content (AvgIpc) is 3.12. The second-order valence-electron chi connectivity index (χ2n) is 5.55. The van der Waals surface area contributed by atoms with E-state index in [9.17, 15) is 4.39 Å². The fraction of sp³-hybridized carbons (Fsp3) is 0.600. The van der Waals surface area contributed by atoms with Crippen LogP contribution in [-0.2, 0) is 6.54 Å². The summed E-state index contributed by atoms with van der Waals surface area (Å²) >= 11 is 0. The molecule has 0 saturated heterocycles. The molecule has 0 aliphatic heterocycles. The summed E-state index contributed by atoms with van der Waals surface area (Å²) in [4.78, 5) is 0. The van der Waals surface area contributed by atoms with E-state index in [4.69, 9.17) is 4.74 Å². The summed E-state index contributed by atoms with van der Waals surface area (Å²) in [6.45, 7) is 6.07. The lowest BCUT2D eigenvalue weighted by atomic mass is 9.92. The van der Waals surface area contributed by atoms with Crippen molar-refractivity contribution in [3.8, 4) is 5.75 Å². The molecule has 0 spiro atoms. The highest BCUT2D eigenvalue weighted by Crippen LogP contribution is 2.51. The molecule has 0 atom stereocenters. The molecule has 18 heavy (non-hydrogen) atoms. The molecule has 1 aliphatic carbocycles. The molecule has 1 N–H and O–H groups in total. The number of benzene rings is 1. The third kappa shape index (κ3) is 2.66. The Hall–Kier alpha value is -1.09. The number of hydrogen-bond acceptors (Lipinski definition) is 2. The molecule has 1 saturated carbocycles. The largest absolute Gasteiger partial charge is 0.494 e. The van der Waals surface area contributed by atoms with Gasteiger partial charge in [-0.1, -0.05) is 26.0 Å². The van der Waals surface area contributed by atoms with Gasteiger partial charge in [0.15, 0.2) is 11.6 Å². The summed E-state index contributed by atoms with van der Waals surface area (Å²) in [7, 11) is 1.49. The summed E-state index contributed by atoms with van der Waals surface area (Å²) in [6, 6.07) is 5.28. The zero-order valence-electron chi connectivity index (χ0n) is 11.4. The SMILES string of the molecule is COc1cccc(CNCC2(C(C)C)CC2)c1F. The topological polar surface area (TPSA) is 21.3 Å². The Balaban J connectivity index is 1.91. The first-order valence-corrected chi connectivity index (χ1v) is 6.61. The molecule has 0 heterocycles. The van der Waals surface area contributed by atoms with Crippen molar-refractivity contribution in [3.63, 3.8) is 0 Å². The Kier molecular flexibility index (Phi) is 3.91. The molecule has 0 radical (unpaired) electrons. The van der Waals surface area contributed by atoms with E-state index in [2.05, 4.69) is 19.2 Å². The van der Waals surface area contributed by atoms with Crippen LogP contribution in [0.3, 0.4) is 0 Å². The maximum Gasteiger partial charge on any atom is 0.169 e. The van der Waals surface area contributed by atoms with E-state index >= 15 is 0 Å². The molecular formula is C15H22FNO. The number of methoxy groups -OCH3 is 1. The Morgan fingerprint density at radius 1 is 1.39 bits per heavy atom. The first kappa shape index (κ1) is 13.3. The van der Waals surface area contributed by atoms with E-state index in [0.717, 1.165) is 6.54 Å². The van der Waals surface area contributed by atoms with Crippen molar-refractivity contribution in [2.24, 2.45) is 11.3 Å². The van der Waals surface area contributed by atoms with Crippen LogP contribution in [0.4, 0.5) is 4.39 Å². The van der Waals surface area contributed by atoms with Gasteiger partial charge in [0.25, 0.3) is 0 Å². The highest BCUT2D eigenvalue weighted by atomic mass is 19.1. The highest BCUT2D eigenvalue weighted by molar-refractivity contribution is 5.30. The summed E-state index contributed by atoms with van der Waals surface area (Å²) in [5.41, 5.74) is 1.13. The van der Waals surface area contributed by atoms with Gasteiger partial charge in [-0.05, 0) is 30.2 Å². The lowest BCUT2D eigenvalue weighted by Gasteiger charge is -2.20. The minimum Gasteiger partial charge on any atom is -0.494 e. The number of rotatable bonds is 6. The van der Waals surface area contributed by atoms with Crippen LogP contribution >= 0.6 is 0 Å². The Morgan fingerprint density at radius 3 is 2.67 bits per heavy atom. The van der Waals surface area contributed by atoms with Gasteiger partial charge in [0.1, 0.15) is 0 Å². The molecule has 1 aromatic rings. The second-order valence-corrected chi connectivity index (χ2v) is 5.55. The number of hydrogen-bond donors (Lipinski definition) is 1. The third-order valence-corrected chi connectivity index (χ3v) is 4.17. The first-order chi connectivity index (χ1) is 8.59. The second kappa shape index (κ2) is 5.27. The van der Waals surface area contributed by atoms with Crippen molar-refractivity contribution in [2.75, 3.05) is 13.7 Å². The fourth-order valence-corrected chi connectivity index (χ4v) is 2.42. The van der Waals surface area contributed by atoms with E-state index in [0.29, 0.717) is 29.2 Å². The molecule has 0 amide bonds. The monoisotopic (exact) mass is 251 g/mol. The number of ether oxygens (including phenoxy) is 1. The summed E-state index contributed by atoms with van der Waals surface area (Å²) in [5.74, 6) is 0.765. The predicted molar refractivity (Wildman–Crippen MR) is 71.2 cm³/mol. The summed E-state index contributed by atoms with van der Waals surface area (Å²) < 4.78 is 18.9. The Labute approximate surface area is 109 Å². The lowest BCUT2D eigenvalue weighted by molar-refractivity contribution is 0.335. The van der Waals surface area contributed by atoms with Gasteiger partial charge in [-0.15, -0.1) is 0 Å². The summed E-state index contributed by atoms with van der Waals surface area (Å²) in [6.07, 6.45) is 2.58. The lowest BCUT2D eigenvalue weighted by Crippen LogP contribution is -2.27. The van der Waals surface area contributed by atoms with Crippen LogP contribution < -0.4 is 10.1 Å². The Bertz CT molecular complexity index is 413. The van der Waals surface area contributed by atoms with Crippen molar-refractivity contribution in [2.45, 2.75) is 33.2 Å². The number of nitrogens with one attached hydrogen (secondary N) is 1. The van der Waals surface area contributed by atoms with Crippen LogP contribution in [0.15, 0.2) is 18.2 Å². The molecule has 0 bridgehead atoms. The molecule has 0 aromatic heterocycles. The molecule has 2 rings (SSSR count). The molecule has 0 unspecified atom stereocenters. The predicted octanol–water partition coefficient (Wildman–Crippen LogP) is 3.36. The normalized spacial score (nSPS) is 16.9. The first-order valence-electron chi connectivity index (χ1n) is 6.61. The molecular weight excluding hydrogens is 229 g/mol. The van der Waals surface area contributed by atoms with Crippen LogP contribution in [0.25, 0.3) is 0 Å². The molecule has 3 heteroatoms. The minimum absolute atomic E-state index is 0.248. The maximum atomic E-state index is 13.9. The van der Waals surface area contributed by atoms with E-state index < -0.39 is 0 Å². The molecule has 1 aromatic carbocycles. The van der Waals surface area contributed by atoms with E-state index in [1.165, 1.54) is 20.0 Å². The number of halogens is 1. The van der Waals surface area contributed by atoms with Crippen LogP contribution in [-0.4, -0.2) is 13.7 Å². The van der Waals surface area contributed by atoms with Gasteiger partial charge in [0.05, 0.1) is 7.11 Å². The molecule has 2 nitrogen and oxygen atoms in total. The van der Waals surface area contributed by atoms with Crippen molar-refractivity contribution < 1.29 is 9.13 Å². The van der Waals surface area contributed by atoms with Gasteiger partial charge in [-0.25, -0.2) is 4.39 Å². The van der Waals surface area contributed by atoms with E-state index in [-0.39, 0.29) is 5.82 Å². The van der Waals surface area contributed by atoms with Crippen molar-refractivity contribution in [1.29, 1.82) is 0 Å². The van der Waals surface area contributed by atoms with Crippen LogP contribution in [0.2, 0.25) is 0 Å². The third-order valence-electron chi connectivity index (χ3n) is 4.17. The fourth-order valence-electron chi connectivity index (χ4n) is 2.42. The van der Waals surface area contributed by atoms with Crippen LogP contribution in [0.5, 0.6) is 5.75 Å². The maximum absolute atomic E-state index is 13.9. The van der Waals surface area contributed by atoms with Gasteiger partial charge in [0, 0.05) is 18.7 Å². The molecule has 100 valence electrons. The quantitative estimate of drug-likeness (QED) is 0.837. The van der Waals surface area contributed by atoms with Gasteiger partial charge < -0.3 is 10.1 Å². The molecule has 1 fully saturated rings. The van der Waals surface area contributed by atoms with Crippen molar-refractivity contribution in [1.82, 2.24) is 5.32 Å². The van der Waals surface area contributed by atoms with Gasteiger partial charge in [-0.3, -0.25) is 0 Å². The van der Waals surface area contributed by atoms with Gasteiger partial charge in [0.2, 0.25) is 0 Å². The van der Waals surface area contributed by atoms with E-state index in [1.807, 2.05) is 6.07 Å². The van der Waals surface area contributed by atoms with Crippen molar-refractivity contribution >= 4 is 0 Å². The van der Waals surface area contributed by atoms with Crippen LogP contribution in [0.1, 0.15) is 32.3 Å². The summed E-state index contributed by atoms with van der Waals surface area (Å²) in [5, 5.41) is 3.38. The zero-order valence-corrected chi connectivity index (χ0v) is 11.4. The zero-order chi connectivity index (χ0) is 13.2. The standard InChI is InChI=1S/C15H22FNO/c1-11(2)15(7-8-15)10-17-9-12-5-4-6-13(18-3)14(12)16/h4-6,11,17H,7-10H2,1-3H3. The Morgan fingerprint density at radius 2 is 2.11 bits per heavy atom. The smallest absolute Gasteiger partial charge is 0.169 e. The van der Waals surface area contributed by atoms with E-state index in [1.54, 1.807) is 12.1 Å². The van der Waals surface area contributed by atoms with Gasteiger partial charge in [-0.2, -0.15) is 0 Å². The van der Waals surface area contributed by atoms with Crippen molar-refractivity contribution in [3.05, 3.63) is 29.6 Å². The molecule has 1 aliphatic rings. The minimum atomic E-state index is -0.248.